The summed E-state index contributed by atoms with van der Waals surface area (Å²) >= 11 is 1.35. The third-order valence-electron chi connectivity index (χ3n) is 6.14. The summed E-state index contributed by atoms with van der Waals surface area (Å²) in [5.41, 5.74) is 1.92. The zero-order valence-corrected chi connectivity index (χ0v) is 20.6. The topological polar surface area (TPSA) is 83.5 Å². The first-order valence-electron chi connectivity index (χ1n) is 11.4. The smallest absolute Gasteiger partial charge is 0.323 e. The summed E-state index contributed by atoms with van der Waals surface area (Å²) in [6, 6.07) is 10.6. The Balaban J connectivity index is 1.27. The van der Waals surface area contributed by atoms with Crippen LogP contribution in [0.15, 0.2) is 48.7 Å². The lowest BCUT2D eigenvalue weighted by molar-refractivity contribution is -0.146. The van der Waals surface area contributed by atoms with Crippen LogP contribution in [-0.2, 0) is 16.1 Å². The summed E-state index contributed by atoms with van der Waals surface area (Å²) in [4.78, 5) is 30.0. The molecule has 0 spiro atoms. The standard InChI is InChI=1S/C25H24F2N6O2S/c1-32(19-8-6-16(26)12-17(19)27)22-10-7-18-23(31-22)36-25(29-18)30-21-9-5-15(13-28-21)14-33-11-3-4-20(33)24(34)35-2/h5-10,12-13,20H,3-4,11,14H2,1-2H3,(H,28,29,30)/t20-/m0/s1. The largest absolute Gasteiger partial charge is 0.468 e. The highest BCUT2D eigenvalue weighted by molar-refractivity contribution is 7.21. The first-order valence-corrected chi connectivity index (χ1v) is 12.2. The Bertz CT molecular complexity index is 1400. The summed E-state index contributed by atoms with van der Waals surface area (Å²) in [6.07, 6.45) is 3.56. The van der Waals surface area contributed by atoms with Crippen LogP contribution in [0.5, 0.6) is 0 Å². The van der Waals surface area contributed by atoms with Crippen LogP contribution in [0.3, 0.4) is 0 Å². The minimum absolute atomic E-state index is 0.194. The molecule has 0 bridgehead atoms. The van der Waals surface area contributed by atoms with Gasteiger partial charge < -0.3 is 15.0 Å². The second kappa shape index (κ2) is 10.1. The van der Waals surface area contributed by atoms with E-state index in [4.69, 9.17) is 4.74 Å². The van der Waals surface area contributed by atoms with Crippen LogP contribution in [0.2, 0.25) is 0 Å². The second-order valence-corrected chi connectivity index (χ2v) is 9.47. The molecule has 0 radical (unpaired) electrons. The maximum atomic E-state index is 14.2. The number of halogens is 2. The molecule has 0 saturated carbocycles. The van der Waals surface area contributed by atoms with Crippen molar-refractivity contribution in [3.63, 3.8) is 0 Å². The van der Waals surface area contributed by atoms with Crippen molar-refractivity contribution >= 4 is 50.1 Å². The molecule has 1 aliphatic heterocycles. The Morgan fingerprint density at radius 1 is 1.22 bits per heavy atom. The van der Waals surface area contributed by atoms with Gasteiger partial charge >= 0.3 is 5.97 Å². The zero-order chi connectivity index (χ0) is 25.2. The molecule has 1 aliphatic rings. The summed E-state index contributed by atoms with van der Waals surface area (Å²) in [6.45, 7) is 1.48. The van der Waals surface area contributed by atoms with Crippen molar-refractivity contribution in [3.05, 3.63) is 65.9 Å². The molecule has 1 atom stereocenters. The Hall–Kier alpha value is -3.70. The molecule has 1 fully saturated rings. The van der Waals surface area contributed by atoms with Crippen LogP contribution in [-0.4, -0.2) is 52.6 Å². The lowest BCUT2D eigenvalue weighted by Crippen LogP contribution is -2.36. The molecule has 1 saturated heterocycles. The fourth-order valence-corrected chi connectivity index (χ4v) is 5.12. The van der Waals surface area contributed by atoms with E-state index >= 15 is 0 Å². The van der Waals surface area contributed by atoms with E-state index in [0.717, 1.165) is 31.0 Å². The Morgan fingerprint density at radius 3 is 2.83 bits per heavy atom. The van der Waals surface area contributed by atoms with Crippen LogP contribution < -0.4 is 10.2 Å². The van der Waals surface area contributed by atoms with E-state index in [1.807, 2.05) is 18.2 Å². The monoisotopic (exact) mass is 510 g/mol. The first kappa shape index (κ1) is 24.0. The van der Waals surface area contributed by atoms with E-state index in [1.165, 1.54) is 30.6 Å². The van der Waals surface area contributed by atoms with Crippen LogP contribution in [0.25, 0.3) is 10.3 Å². The number of ether oxygens (including phenoxy) is 1. The van der Waals surface area contributed by atoms with Crippen LogP contribution in [0.1, 0.15) is 18.4 Å². The third kappa shape index (κ3) is 4.98. The van der Waals surface area contributed by atoms with Gasteiger partial charge in [0.25, 0.3) is 0 Å². The molecule has 0 unspecified atom stereocenters. The molecule has 5 rings (SSSR count). The SMILES string of the molecule is COC(=O)[C@@H]1CCCN1Cc1ccc(Nc2nc3ccc(N(C)c4ccc(F)cc4F)nc3s2)nc1. The maximum absolute atomic E-state index is 14.2. The molecule has 186 valence electrons. The van der Waals surface area contributed by atoms with E-state index in [2.05, 4.69) is 25.2 Å². The van der Waals surface area contributed by atoms with Crippen molar-refractivity contribution < 1.29 is 18.3 Å². The average Bonchev–Trinajstić information content (AvgIpc) is 3.50. The highest BCUT2D eigenvalue weighted by Crippen LogP contribution is 2.31. The van der Waals surface area contributed by atoms with Gasteiger partial charge in [0.1, 0.15) is 39.7 Å². The molecular formula is C25H24F2N6O2S. The van der Waals surface area contributed by atoms with Crippen LogP contribution in [0, 0.1) is 11.6 Å². The fourth-order valence-electron chi connectivity index (χ4n) is 4.28. The molecule has 4 aromatic rings. The maximum Gasteiger partial charge on any atom is 0.323 e. The van der Waals surface area contributed by atoms with E-state index in [9.17, 15) is 13.6 Å². The van der Waals surface area contributed by atoms with E-state index in [-0.39, 0.29) is 17.7 Å². The molecule has 4 heterocycles. The third-order valence-corrected chi connectivity index (χ3v) is 7.02. The van der Waals surface area contributed by atoms with Gasteiger partial charge in [0, 0.05) is 25.9 Å². The number of esters is 1. The molecular weight excluding hydrogens is 486 g/mol. The number of nitrogens with zero attached hydrogens (tertiary/aromatic N) is 5. The average molecular weight is 511 g/mol. The van der Waals surface area contributed by atoms with E-state index < -0.39 is 11.6 Å². The molecule has 0 aliphatic carbocycles. The number of nitrogens with one attached hydrogen (secondary N) is 1. The van der Waals surface area contributed by atoms with Gasteiger partial charge in [0.05, 0.1) is 12.8 Å². The quantitative estimate of drug-likeness (QED) is 0.347. The predicted octanol–water partition coefficient (Wildman–Crippen LogP) is 5.01. The number of pyridine rings is 2. The summed E-state index contributed by atoms with van der Waals surface area (Å²) in [5, 5.41) is 3.82. The molecule has 11 heteroatoms. The lowest BCUT2D eigenvalue weighted by atomic mass is 10.2. The number of thiazole rings is 1. The number of carbonyl (C=O) groups excluding carboxylic acids is 1. The number of benzene rings is 1. The number of hydrogen-bond donors (Lipinski definition) is 1. The number of carbonyl (C=O) groups is 1. The van der Waals surface area contributed by atoms with Gasteiger partial charge in [0.15, 0.2) is 5.13 Å². The van der Waals surface area contributed by atoms with Gasteiger partial charge in [-0.25, -0.2) is 23.7 Å². The van der Waals surface area contributed by atoms with Crippen molar-refractivity contribution in [1.82, 2.24) is 19.9 Å². The highest BCUT2D eigenvalue weighted by Gasteiger charge is 2.31. The molecule has 3 aromatic heterocycles. The molecule has 0 amide bonds. The Labute approximate surface area is 210 Å². The lowest BCUT2D eigenvalue weighted by Gasteiger charge is -2.22. The second-order valence-electron chi connectivity index (χ2n) is 8.50. The number of hydrogen-bond acceptors (Lipinski definition) is 9. The molecule has 1 N–H and O–H groups in total. The molecule has 8 nitrogen and oxygen atoms in total. The highest BCUT2D eigenvalue weighted by atomic mass is 32.1. The van der Waals surface area contributed by atoms with Crippen molar-refractivity contribution in [3.8, 4) is 0 Å². The predicted molar refractivity (Wildman–Crippen MR) is 135 cm³/mol. The van der Waals surface area contributed by atoms with Crippen molar-refractivity contribution in [2.24, 2.45) is 0 Å². The zero-order valence-electron chi connectivity index (χ0n) is 19.7. The number of rotatable bonds is 7. The van der Waals surface area contributed by atoms with Gasteiger partial charge in [0.2, 0.25) is 0 Å². The minimum atomic E-state index is -0.661. The normalized spacial score (nSPS) is 15.8. The van der Waals surface area contributed by atoms with E-state index in [0.29, 0.717) is 33.7 Å². The van der Waals surface area contributed by atoms with Gasteiger partial charge in [-0.15, -0.1) is 0 Å². The van der Waals surface area contributed by atoms with Gasteiger partial charge in [-0.05, 0) is 55.3 Å². The Morgan fingerprint density at radius 2 is 2.08 bits per heavy atom. The summed E-state index contributed by atoms with van der Waals surface area (Å²) in [7, 11) is 3.09. The Kier molecular flexibility index (Phi) is 6.75. The first-order chi connectivity index (χ1) is 17.4. The summed E-state index contributed by atoms with van der Waals surface area (Å²) in [5.74, 6) is -0.340. The summed E-state index contributed by atoms with van der Waals surface area (Å²) < 4.78 is 32.4. The van der Waals surface area contributed by atoms with Crippen molar-refractivity contribution in [2.75, 3.05) is 30.9 Å². The number of methoxy groups -OCH3 is 1. The van der Waals surface area contributed by atoms with E-state index in [1.54, 1.807) is 24.2 Å². The molecule has 1 aromatic carbocycles. The number of fused-ring (bicyclic) bond motifs is 1. The minimum Gasteiger partial charge on any atom is -0.468 e. The number of likely N-dealkylation sites (tertiary alicyclic amines) is 1. The van der Waals surface area contributed by atoms with Crippen LogP contribution >= 0.6 is 11.3 Å². The number of aromatic nitrogens is 3. The molecule has 36 heavy (non-hydrogen) atoms. The van der Waals surface area contributed by atoms with Gasteiger partial charge in [-0.1, -0.05) is 17.4 Å². The van der Waals surface area contributed by atoms with Gasteiger partial charge in [-0.2, -0.15) is 0 Å². The van der Waals surface area contributed by atoms with Gasteiger partial charge in [-0.3, -0.25) is 9.69 Å². The van der Waals surface area contributed by atoms with Crippen molar-refractivity contribution in [2.45, 2.75) is 25.4 Å². The van der Waals surface area contributed by atoms with Crippen LogP contribution in [0.4, 0.5) is 31.2 Å². The van der Waals surface area contributed by atoms with Crippen molar-refractivity contribution in [1.29, 1.82) is 0 Å². The number of anilines is 4. The fraction of sp³-hybridized carbons (Fsp3) is 0.280.